The van der Waals surface area contributed by atoms with Gasteiger partial charge in [-0.3, -0.25) is 4.68 Å². The lowest BCUT2D eigenvalue weighted by atomic mass is 10.1. The Kier molecular flexibility index (Phi) is 5.07. The Morgan fingerprint density at radius 3 is 2.72 bits per heavy atom. The first kappa shape index (κ1) is 13.9. The quantitative estimate of drug-likeness (QED) is 0.768. The third-order valence-electron chi connectivity index (χ3n) is 3.70. The molecule has 1 aromatic rings. The van der Waals surface area contributed by atoms with E-state index in [9.17, 15) is 0 Å². The lowest BCUT2D eigenvalue weighted by Gasteiger charge is -2.23. The van der Waals surface area contributed by atoms with Crippen molar-refractivity contribution in [3.63, 3.8) is 0 Å². The zero-order valence-corrected chi connectivity index (χ0v) is 12.2. The maximum absolute atomic E-state index is 6.07. The summed E-state index contributed by atoms with van der Waals surface area (Å²) in [4.78, 5) is 0. The molecule has 0 bridgehead atoms. The molecule has 1 aliphatic heterocycles. The fourth-order valence-electron chi connectivity index (χ4n) is 2.72. The molecule has 2 rings (SSSR count). The minimum absolute atomic E-state index is 0.330. The molecule has 102 valence electrons. The molecule has 1 fully saturated rings. The van der Waals surface area contributed by atoms with Gasteiger partial charge in [-0.2, -0.15) is 5.10 Å². The maximum atomic E-state index is 6.07. The van der Waals surface area contributed by atoms with E-state index in [1.165, 1.54) is 24.1 Å². The number of nitrogens with zero attached hydrogens (tertiary/aromatic N) is 2. The Labute approximate surface area is 114 Å². The topological polar surface area (TPSA) is 27.1 Å². The molecule has 0 amide bonds. The van der Waals surface area contributed by atoms with Gasteiger partial charge in [0.2, 0.25) is 0 Å². The van der Waals surface area contributed by atoms with E-state index in [-0.39, 0.29) is 0 Å². The minimum atomic E-state index is 0.330. The number of hydrogen-bond donors (Lipinski definition) is 0. The molecule has 0 aliphatic carbocycles. The molecule has 1 aliphatic rings. The fraction of sp³-hybridized carbons (Fsp3) is 0.786. The van der Waals surface area contributed by atoms with Crippen molar-refractivity contribution < 1.29 is 4.74 Å². The third kappa shape index (κ3) is 2.89. The standard InChI is InChI=1S/C14H23ClN2O/c1-3-13-12(9-15)14(4-2)17(16-13)10-11-7-5-6-8-18-11/h11H,3-10H2,1-2H3. The molecule has 1 saturated heterocycles. The van der Waals surface area contributed by atoms with Crippen LogP contribution in [0.15, 0.2) is 0 Å². The van der Waals surface area contributed by atoms with Crippen LogP contribution in [0.5, 0.6) is 0 Å². The van der Waals surface area contributed by atoms with Crippen molar-refractivity contribution in [3.05, 3.63) is 17.0 Å². The van der Waals surface area contributed by atoms with Gasteiger partial charge >= 0.3 is 0 Å². The van der Waals surface area contributed by atoms with E-state index >= 15 is 0 Å². The summed E-state index contributed by atoms with van der Waals surface area (Å²) in [5.41, 5.74) is 3.67. The highest BCUT2D eigenvalue weighted by Crippen LogP contribution is 2.21. The van der Waals surface area contributed by atoms with Crippen LogP contribution in [0.25, 0.3) is 0 Å². The Bertz CT molecular complexity index is 383. The lowest BCUT2D eigenvalue weighted by molar-refractivity contribution is 0.00348. The molecule has 3 nitrogen and oxygen atoms in total. The second kappa shape index (κ2) is 6.58. The highest BCUT2D eigenvalue weighted by Gasteiger charge is 2.19. The van der Waals surface area contributed by atoms with E-state index in [4.69, 9.17) is 21.4 Å². The highest BCUT2D eigenvalue weighted by atomic mass is 35.5. The van der Waals surface area contributed by atoms with E-state index in [0.29, 0.717) is 12.0 Å². The summed E-state index contributed by atoms with van der Waals surface area (Å²) in [5.74, 6) is 0.567. The smallest absolute Gasteiger partial charge is 0.0771 e. The number of halogens is 1. The van der Waals surface area contributed by atoms with Crippen molar-refractivity contribution in [2.24, 2.45) is 0 Å². The molecule has 18 heavy (non-hydrogen) atoms. The van der Waals surface area contributed by atoms with E-state index in [1.54, 1.807) is 0 Å². The van der Waals surface area contributed by atoms with Gasteiger partial charge in [-0.15, -0.1) is 11.6 Å². The van der Waals surface area contributed by atoms with Gasteiger partial charge in [-0.1, -0.05) is 13.8 Å². The van der Waals surface area contributed by atoms with E-state index in [0.717, 1.165) is 38.1 Å². The molecule has 1 atom stereocenters. The van der Waals surface area contributed by atoms with Crippen molar-refractivity contribution in [1.82, 2.24) is 9.78 Å². The summed E-state index contributed by atoms with van der Waals surface area (Å²) in [6.45, 7) is 6.09. The molecular formula is C14H23ClN2O. The van der Waals surface area contributed by atoms with Crippen LogP contribution in [0, 0.1) is 0 Å². The summed E-state index contributed by atoms with van der Waals surface area (Å²) >= 11 is 6.07. The van der Waals surface area contributed by atoms with E-state index in [2.05, 4.69) is 18.5 Å². The van der Waals surface area contributed by atoms with Gasteiger partial charge in [0.1, 0.15) is 0 Å². The molecule has 0 N–H and O–H groups in total. The Balaban J connectivity index is 2.17. The highest BCUT2D eigenvalue weighted by molar-refractivity contribution is 6.17. The minimum Gasteiger partial charge on any atom is -0.376 e. The van der Waals surface area contributed by atoms with Gasteiger partial charge in [-0.05, 0) is 32.1 Å². The summed E-state index contributed by atoms with van der Waals surface area (Å²) in [7, 11) is 0. The van der Waals surface area contributed by atoms with Crippen molar-refractivity contribution in [2.75, 3.05) is 6.61 Å². The second-order valence-electron chi connectivity index (χ2n) is 4.88. The van der Waals surface area contributed by atoms with Crippen LogP contribution in [0.4, 0.5) is 0 Å². The van der Waals surface area contributed by atoms with Gasteiger partial charge < -0.3 is 4.74 Å². The summed E-state index contributed by atoms with van der Waals surface area (Å²) in [6, 6.07) is 0. The van der Waals surface area contributed by atoms with Gasteiger partial charge in [0, 0.05) is 17.9 Å². The number of aromatic nitrogens is 2. The average molecular weight is 271 g/mol. The molecule has 2 heterocycles. The number of alkyl halides is 1. The van der Waals surface area contributed by atoms with Crippen molar-refractivity contribution in [1.29, 1.82) is 0 Å². The zero-order valence-electron chi connectivity index (χ0n) is 11.4. The third-order valence-corrected chi connectivity index (χ3v) is 3.97. The van der Waals surface area contributed by atoms with Crippen LogP contribution in [0.3, 0.4) is 0 Å². The molecule has 1 unspecified atom stereocenters. The predicted molar refractivity (Wildman–Crippen MR) is 74.1 cm³/mol. The SMILES string of the molecule is CCc1nn(CC2CCCCO2)c(CC)c1CCl. The van der Waals surface area contributed by atoms with Crippen molar-refractivity contribution in [3.8, 4) is 0 Å². The molecule has 0 aromatic carbocycles. The summed E-state index contributed by atoms with van der Waals surface area (Å²) in [5, 5.41) is 4.72. The molecule has 0 saturated carbocycles. The first-order chi connectivity index (χ1) is 8.80. The monoisotopic (exact) mass is 270 g/mol. The first-order valence-electron chi connectivity index (χ1n) is 7.05. The van der Waals surface area contributed by atoms with Crippen LogP contribution in [0.2, 0.25) is 0 Å². The summed E-state index contributed by atoms with van der Waals surface area (Å²) < 4.78 is 7.94. The Hall–Kier alpha value is -0.540. The lowest BCUT2D eigenvalue weighted by Crippen LogP contribution is -2.26. The second-order valence-corrected chi connectivity index (χ2v) is 5.15. The number of ether oxygens (including phenoxy) is 1. The number of rotatable bonds is 5. The van der Waals surface area contributed by atoms with Crippen molar-refractivity contribution in [2.45, 2.75) is 64.5 Å². The van der Waals surface area contributed by atoms with Crippen LogP contribution in [0.1, 0.15) is 50.1 Å². The Morgan fingerprint density at radius 2 is 2.17 bits per heavy atom. The molecule has 0 spiro atoms. The van der Waals surface area contributed by atoms with E-state index < -0.39 is 0 Å². The fourth-order valence-corrected chi connectivity index (χ4v) is 3.03. The van der Waals surface area contributed by atoms with Crippen LogP contribution >= 0.6 is 11.6 Å². The number of hydrogen-bond acceptors (Lipinski definition) is 2. The van der Waals surface area contributed by atoms with Gasteiger partial charge in [0.05, 0.1) is 24.2 Å². The van der Waals surface area contributed by atoms with Gasteiger partial charge in [0.15, 0.2) is 0 Å². The molecule has 0 radical (unpaired) electrons. The Morgan fingerprint density at radius 1 is 1.33 bits per heavy atom. The average Bonchev–Trinajstić information content (AvgIpc) is 2.76. The molecule has 4 heteroatoms. The zero-order chi connectivity index (χ0) is 13.0. The van der Waals surface area contributed by atoms with Crippen molar-refractivity contribution >= 4 is 11.6 Å². The molecular weight excluding hydrogens is 248 g/mol. The molecule has 1 aromatic heterocycles. The predicted octanol–water partition coefficient (Wildman–Crippen LogP) is 3.32. The van der Waals surface area contributed by atoms with E-state index in [1.807, 2.05) is 0 Å². The first-order valence-corrected chi connectivity index (χ1v) is 7.58. The van der Waals surface area contributed by atoms with Crippen LogP contribution < -0.4 is 0 Å². The van der Waals surface area contributed by atoms with Crippen LogP contribution in [-0.2, 0) is 30.0 Å². The normalized spacial score (nSPS) is 20.3. The number of aryl methyl sites for hydroxylation is 1. The van der Waals surface area contributed by atoms with Gasteiger partial charge in [-0.25, -0.2) is 0 Å². The largest absolute Gasteiger partial charge is 0.376 e. The van der Waals surface area contributed by atoms with Gasteiger partial charge in [0.25, 0.3) is 0 Å². The maximum Gasteiger partial charge on any atom is 0.0771 e. The van der Waals surface area contributed by atoms with Crippen LogP contribution in [-0.4, -0.2) is 22.5 Å². The summed E-state index contributed by atoms with van der Waals surface area (Å²) in [6.07, 6.45) is 5.90.